The number of carbonyl (C=O) groups excluding carboxylic acids is 4. The van der Waals surface area contributed by atoms with Crippen molar-refractivity contribution in [2.75, 3.05) is 6.61 Å². The number of esters is 1. The third-order valence-electron chi connectivity index (χ3n) is 8.27. The number of fused-ring (bicyclic) bond motifs is 3. The van der Waals surface area contributed by atoms with E-state index in [-0.39, 0.29) is 25.4 Å². The Labute approximate surface area is 287 Å². The summed E-state index contributed by atoms with van der Waals surface area (Å²) in [5.41, 5.74) is 5.25. The van der Waals surface area contributed by atoms with Crippen LogP contribution < -0.4 is 16.0 Å². The Kier molecular flexibility index (Phi) is 11.1. The van der Waals surface area contributed by atoms with Gasteiger partial charge >= 0.3 is 12.1 Å². The molecular formula is C40H43N3O6. The maximum atomic E-state index is 13.9. The Hall–Kier alpha value is -5.44. The zero-order valence-corrected chi connectivity index (χ0v) is 28.3. The Bertz CT molecular complexity index is 1720. The third-order valence-corrected chi connectivity index (χ3v) is 8.27. The number of carbonyl (C=O) groups is 4. The van der Waals surface area contributed by atoms with Gasteiger partial charge in [-0.25, -0.2) is 9.59 Å². The Balaban J connectivity index is 1.31. The number of benzene rings is 4. The van der Waals surface area contributed by atoms with Crippen LogP contribution >= 0.6 is 0 Å². The van der Waals surface area contributed by atoms with Crippen LogP contribution in [0.25, 0.3) is 11.1 Å². The molecule has 0 heterocycles. The highest BCUT2D eigenvalue weighted by Crippen LogP contribution is 2.44. The molecule has 3 atom stereocenters. The average Bonchev–Trinajstić information content (AvgIpc) is 3.40. The van der Waals surface area contributed by atoms with E-state index < -0.39 is 47.6 Å². The molecule has 1 aliphatic rings. The summed E-state index contributed by atoms with van der Waals surface area (Å²) in [5.74, 6) is -1.87. The lowest BCUT2D eigenvalue weighted by Gasteiger charge is -2.26. The van der Waals surface area contributed by atoms with Gasteiger partial charge in [-0.15, -0.1) is 0 Å². The minimum Gasteiger partial charge on any atom is -0.458 e. The first-order chi connectivity index (χ1) is 23.5. The first kappa shape index (κ1) is 34.9. The Morgan fingerprint density at radius 3 is 1.59 bits per heavy atom. The second kappa shape index (κ2) is 15.6. The number of ether oxygens (including phenoxy) is 2. The molecule has 0 saturated heterocycles. The minimum atomic E-state index is -1.06. The fourth-order valence-electron chi connectivity index (χ4n) is 5.94. The molecule has 0 aromatic heterocycles. The van der Waals surface area contributed by atoms with Crippen molar-refractivity contribution < 1.29 is 28.7 Å². The molecule has 0 fully saturated rings. The molecule has 9 nitrogen and oxygen atoms in total. The van der Waals surface area contributed by atoms with Crippen LogP contribution in [0, 0.1) is 0 Å². The molecular weight excluding hydrogens is 618 g/mol. The largest absolute Gasteiger partial charge is 0.458 e. The summed E-state index contributed by atoms with van der Waals surface area (Å²) in [6, 6.07) is 31.5. The summed E-state index contributed by atoms with van der Waals surface area (Å²) in [6.07, 6.45) is -0.437. The van der Waals surface area contributed by atoms with E-state index in [1.165, 1.54) is 6.92 Å². The van der Waals surface area contributed by atoms with E-state index in [1.54, 1.807) is 20.8 Å². The molecule has 4 aromatic carbocycles. The molecule has 4 aromatic rings. The predicted octanol–water partition coefficient (Wildman–Crippen LogP) is 5.71. The van der Waals surface area contributed by atoms with Crippen LogP contribution in [0.3, 0.4) is 0 Å². The first-order valence-electron chi connectivity index (χ1n) is 16.5. The highest BCUT2D eigenvalue weighted by Gasteiger charge is 2.32. The van der Waals surface area contributed by atoms with Crippen LogP contribution in [0.15, 0.2) is 109 Å². The van der Waals surface area contributed by atoms with Crippen molar-refractivity contribution in [2.24, 2.45) is 0 Å². The normalized spacial score (nSPS) is 14.0. The van der Waals surface area contributed by atoms with E-state index >= 15 is 0 Å². The van der Waals surface area contributed by atoms with Crippen molar-refractivity contribution >= 4 is 23.9 Å². The maximum Gasteiger partial charge on any atom is 0.407 e. The van der Waals surface area contributed by atoms with Gasteiger partial charge in [-0.2, -0.15) is 0 Å². The van der Waals surface area contributed by atoms with Gasteiger partial charge in [0.15, 0.2) is 0 Å². The zero-order valence-electron chi connectivity index (χ0n) is 28.3. The van der Waals surface area contributed by atoms with Crippen molar-refractivity contribution in [2.45, 2.75) is 70.2 Å². The van der Waals surface area contributed by atoms with Crippen molar-refractivity contribution in [3.8, 4) is 11.1 Å². The van der Waals surface area contributed by atoms with Crippen molar-refractivity contribution in [3.05, 3.63) is 131 Å². The number of nitrogens with one attached hydrogen (secondary N) is 3. The lowest BCUT2D eigenvalue weighted by molar-refractivity contribution is -0.158. The molecule has 0 unspecified atom stereocenters. The van der Waals surface area contributed by atoms with Gasteiger partial charge in [-0.1, -0.05) is 109 Å². The monoisotopic (exact) mass is 661 g/mol. The van der Waals surface area contributed by atoms with E-state index in [4.69, 9.17) is 9.47 Å². The lowest BCUT2D eigenvalue weighted by Crippen LogP contribution is -2.57. The molecule has 0 radical (unpaired) electrons. The van der Waals surface area contributed by atoms with E-state index in [2.05, 4.69) is 28.1 Å². The number of hydrogen-bond acceptors (Lipinski definition) is 6. The number of hydrogen-bond donors (Lipinski definition) is 3. The summed E-state index contributed by atoms with van der Waals surface area (Å²) < 4.78 is 11.2. The van der Waals surface area contributed by atoms with E-state index in [1.807, 2.05) is 97.1 Å². The van der Waals surface area contributed by atoms with Gasteiger partial charge in [-0.3, -0.25) is 9.59 Å². The van der Waals surface area contributed by atoms with Gasteiger partial charge in [-0.05, 0) is 61.1 Å². The fourth-order valence-corrected chi connectivity index (χ4v) is 5.94. The van der Waals surface area contributed by atoms with Crippen molar-refractivity contribution in [1.82, 2.24) is 16.0 Å². The molecule has 0 bridgehead atoms. The highest BCUT2D eigenvalue weighted by atomic mass is 16.6. The Morgan fingerprint density at radius 2 is 1.08 bits per heavy atom. The summed E-state index contributed by atoms with van der Waals surface area (Å²) in [5, 5.41) is 8.27. The molecule has 49 heavy (non-hydrogen) atoms. The molecule has 0 aliphatic heterocycles. The SMILES string of the molecule is C[C@H](NC(=O)[C@H](Cc1ccccc1)NC(=O)[C@H](Cc1ccccc1)NC(=O)OCC1c2ccccc2-c2ccccc21)C(=O)OC(C)(C)C. The zero-order chi connectivity index (χ0) is 35.0. The van der Waals surface area contributed by atoms with Gasteiger partial charge < -0.3 is 25.4 Å². The second-order valence-corrected chi connectivity index (χ2v) is 13.2. The average molecular weight is 662 g/mol. The number of rotatable bonds is 12. The van der Waals surface area contributed by atoms with Crippen LogP contribution in [0.4, 0.5) is 4.79 Å². The molecule has 0 saturated carbocycles. The Morgan fingerprint density at radius 1 is 0.633 bits per heavy atom. The van der Waals surface area contributed by atoms with Gasteiger partial charge in [0.25, 0.3) is 0 Å². The van der Waals surface area contributed by atoms with Gasteiger partial charge in [0.05, 0.1) is 0 Å². The highest BCUT2D eigenvalue weighted by molar-refractivity contribution is 5.93. The predicted molar refractivity (Wildman–Crippen MR) is 188 cm³/mol. The summed E-state index contributed by atoms with van der Waals surface area (Å²) >= 11 is 0. The lowest BCUT2D eigenvalue weighted by atomic mass is 9.98. The second-order valence-electron chi connectivity index (χ2n) is 13.2. The van der Waals surface area contributed by atoms with E-state index in [0.717, 1.165) is 33.4 Å². The van der Waals surface area contributed by atoms with Crippen molar-refractivity contribution in [3.63, 3.8) is 0 Å². The standard InChI is InChI=1S/C40H43N3O6/c1-26(38(46)49-40(2,3)4)41-36(44)34(23-27-15-7-5-8-16-27)42-37(45)35(24-28-17-9-6-10-18-28)43-39(47)48-25-33-31-21-13-11-19-29(31)30-20-12-14-22-32(30)33/h5-22,26,33-35H,23-25H2,1-4H3,(H,41,44)(H,42,45)(H,43,47)/t26-,34-,35-/m0/s1. The van der Waals surface area contributed by atoms with Crippen LogP contribution in [0.1, 0.15) is 55.9 Å². The number of alkyl carbamates (subject to hydrolysis) is 1. The summed E-state index contributed by atoms with van der Waals surface area (Å²) in [7, 11) is 0. The molecule has 3 amide bonds. The fraction of sp³-hybridized carbons (Fsp3) is 0.300. The van der Waals surface area contributed by atoms with Gasteiger partial charge in [0.2, 0.25) is 11.8 Å². The van der Waals surface area contributed by atoms with E-state index in [9.17, 15) is 19.2 Å². The van der Waals surface area contributed by atoms with Crippen LogP contribution in [0.2, 0.25) is 0 Å². The smallest absolute Gasteiger partial charge is 0.407 e. The molecule has 5 rings (SSSR count). The van der Waals surface area contributed by atoms with Gasteiger partial charge in [0.1, 0.15) is 30.3 Å². The van der Waals surface area contributed by atoms with Crippen LogP contribution in [-0.4, -0.2) is 54.2 Å². The third kappa shape index (κ3) is 9.34. The topological polar surface area (TPSA) is 123 Å². The quantitative estimate of drug-likeness (QED) is 0.167. The summed E-state index contributed by atoms with van der Waals surface area (Å²) in [6.45, 7) is 6.85. The van der Waals surface area contributed by atoms with Gasteiger partial charge in [0, 0.05) is 18.8 Å². The molecule has 3 N–H and O–H groups in total. The number of amides is 3. The maximum absolute atomic E-state index is 13.9. The minimum absolute atomic E-state index is 0.0845. The molecule has 9 heteroatoms. The molecule has 0 spiro atoms. The van der Waals surface area contributed by atoms with Crippen LogP contribution in [0.5, 0.6) is 0 Å². The van der Waals surface area contributed by atoms with Crippen LogP contribution in [-0.2, 0) is 36.7 Å². The van der Waals surface area contributed by atoms with Crippen molar-refractivity contribution in [1.29, 1.82) is 0 Å². The molecule has 1 aliphatic carbocycles. The molecule has 254 valence electrons. The van der Waals surface area contributed by atoms with E-state index in [0.29, 0.717) is 0 Å². The first-order valence-corrected chi connectivity index (χ1v) is 16.5. The summed E-state index contributed by atoms with van der Waals surface area (Å²) in [4.78, 5) is 53.5.